The number of carbonyl (C=O) groups excluding carboxylic acids is 2. The van der Waals surface area contributed by atoms with E-state index in [2.05, 4.69) is 39.2 Å². The summed E-state index contributed by atoms with van der Waals surface area (Å²) in [6, 6.07) is 0. The molecule has 35 heavy (non-hydrogen) atoms. The van der Waals surface area contributed by atoms with E-state index in [9.17, 15) is 19.8 Å². The van der Waals surface area contributed by atoms with Gasteiger partial charge in [0.05, 0.1) is 92.0 Å². The average molecular weight is 669 g/mol. The fraction of sp³-hybridized carbons (Fsp3) is 0.875. The van der Waals surface area contributed by atoms with Crippen molar-refractivity contribution in [1.82, 2.24) is 39.2 Å². The first-order valence-electron chi connectivity index (χ1n) is 10.0. The Hall–Kier alpha value is 0.879. The number of nitrogens with zero attached hydrogens (tertiary/aromatic N) is 8. The van der Waals surface area contributed by atoms with Gasteiger partial charge in [-0.15, -0.1) is 0 Å². The number of alkyl halides is 6. The van der Waals surface area contributed by atoms with Crippen molar-refractivity contribution in [2.75, 3.05) is 80.0 Å². The van der Waals surface area contributed by atoms with Gasteiger partial charge in [-0.1, -0.05) is 69.6 Å². The van der Waals surface area contributed by atoms with E-state index in [-0.39, 0.29) is 17.1 Å². The van der Waals surface area contributed by atoms with Crippen LogP contribution in [0.4, 0.5) is 0 Å². The topological polar surface area (TPSA) is 106 Å². The standard InChI is InChI=1S/2C6H12N4.2C2HCl3O2.Cu/c2*1-7-2-9-4-8(1)5-10(3-7)6-9;2*3-2(4,5)1(6)7;/h2*1-6H2;2*(H,6,7);/q;;;;+2/p-2. The van der Waals surface area contributed by atoms with Gasteiger partial charge in [0.2, 0.25) is 7.59 Å². The van der Waals surface area contributed by atoms with Crippen LogP contribution < -0.4 is 10.2 Å². The van der Waals surface area contributed by atoms with Crippen LogP contribution in [0.1, 0.15) is 0 Å². The summed E-state index contributed by atoms with van der Waals surface area (Å²) in [5, 5.41) is 19.0. The Morgan fingerprint density at radius 2 is 0.514 bits per heavy atom. The zero-order chi connectivity index (χ0) is 25.3. The van der Waals surface area contributed by atoms with Gasteiger partial charge in [-0.2, -0.15) is 0 Å². The van der Waals surface area contributed by atoms with Gasteiger partial charge in [-0.05, 0) is 0 Å². The van der Waals surface area contributed by atoms with Crippen LogP contribution in [0.15, 0.2) is 0 Å². The first-order valence-corrected chi connectivity index (χ1v) is 12.3. The van der Waals surface area contributed by atoms with Gasteiger partial charge < -0.3 is 19.8 Å². The summed E-state index contributed by atoms with van der Waals surface area (Å²) in [6.07, 6.45) is 0. The van der Waals surface area contributed by atoms with Crippen molar-refractivity contribution < 1.29 is 36.9 Å². The Morgan fingerprint density at radius 3 is 0.571 bits per heavy atom. The number of hydrogen-bond acceptors (Lipinski definition) is 12. The molecule has 0 spiro atoms. The molecule has 0 amide bonds. The molecule has 8 rings (SSSR count). The first kappa shape index (κ1) is 32.1. The SMILES string of the molecule is C1N2CN3CN1CN(C2)C3.C1N2CN3CN1CN(C2)C3.O=C([O-])C(Cl)(Cl)Cl.O=C([O-])C(Cl)(Cl)Cl.[Cu+2]. The van der Waals surface area contributed by atoms with Gasteiger partial charge in [0.1, 0.15) is 0 Å². The predicted molar refractivity (Wildman–Crippen MR) is 124 cm³/mol. The van der Waals surface area contributed by atoms with Crippen molar-refractivity contribution in [3.8, 4) is 0 Å². The number of rotatable bonds is 0. The molecule has 8 aliphatic rings. The van der Waals surface area contributed by atoms with E-state index in [1.165, 1.54) is 80.0 Å². The third-order valence-corrected chi connectivity index (χ3v) is 6.19. The minimum atomic E-state index is -2.28. The molecule has 0 saturated carbocycles. The van der Waals surface area contributed by atoms with Crippen molar-refractivity contribution in [2.45, 2.75) is 7.59 Å². The number of carboxylic acid groups (broad SMARTS) is 2. The minimum Gasteiger partial charge on any atom is -0.545 e. The van der Waals surface area contributed by atoms with Gasteiger partial charge in [0.25, 0.3) is 0 Å². The Labute approximate surface area is 244 Å². The van der Waals surface area contributed by atoms with Gasteiger partial charge in [0.15, 0.2) is 0 Å². The molecule has 0 aliphatic carbocycles. The Balaban J connectivity index is 0.000000167. The molecule has 1 radical (unpaired) electrons. The Kier molecular flexibility index (Phi) is 12.2. The second-order valence-corrected chi connectivity index (χ2v) is 13.2. The molecule has 0 aromatic heterocycles. The van der Waals surface area contributed by atoms with Crippen LogP contribution in [0, 0.1) is 0 Å². The maximum atomic E-state index is 9.51. The molecule has 8 aliphatic heterocycles. The summed E-state index contributed by atoms with van der Waals surface area (Å²) in [5.74, 6) is -3.42. The van der Waals surface area contributed by atoms with Crippen molar-refractivity contribution in [3.05, 3.63) is 0 Å². The first-order chi connectivity index (χ1) is 15.7. The van der Waals surface area contributed by atoms with Crippen molar-refractivity contribution in [1.29, 1.82) is 0 Å². The van der Waals surface area contributed by atoms with E-state index in [0.717, 1.165) is 0 Å². The summed E-state index contributed by atoms with van der Waals surface area (Å²) < 4.78 is -4.56. The van der Waals surface area contributed by atoms with Crippen LogP contribution in [0.3, 0.4) is 0 Å². The molecule has 8 saturated heterocycles. The van der Waals surface area contributed by atoms with E-state index < -0.39 is 19.5 Å². The predicted octanol–water partition coefficient (Wildman–Crippen LogP) is -1.83. The summed E-state index contributed by atoms with van der Waals surface area (Å²) in [6.45, 7) is 14.2. The van der Waals surface area contributed by atoms with Crippen LogP contribution in [-0.2, 0) is 26.7 Å². The number of carboxylic acids is 2. The monoisotopic (exact) mass is 665 g/mol. The second kappa shape index (κ2) is 13.3. The number of aliphatic carboxylic acids is 2. The van der Waals surface area contributed by atoms with Crippen LogP contribution >= 0.6 is 69.6 Å². The number of carbonyl (C=O) groups is 2. The summed E-state index contributed by atoms with van der Waals surface area (Å²) >= 11 is 28.4. The van der Waals surface area contributed by atoms with Gasteiger partial charge >= 0.3 is 17.1 Å². The van der Waals surface area contributed by atoms with Gasteiger partial charge in [0, 0.05) is 0 Å². The maximum absolute atomic E-state index is 9.51. The average Bonchev–Trinajstić information content (AvgIpc) is 2.66. The zero-order valence-corrected chi connectivity index (χ0v) is 23.7. The summed E-state index contributed by atoms with van der Waals surface area (Å²) in [7, 11) is 0. The van der Waals surface area contributed by atoms with Crippen LogP contribution in [-0.4, -0.2) is 139 Å². The molecule has 0 atom stereocenters. The molecule has 19 heteroatoms. The Morgan fingerprint density at radius 1 is 0.429 bits per heavy atom. The summed E-state index contributed by atoms with van der Waals surface area (Å²) in [4.78, 5) is 38.8. The van der Waals surface area contributed by atoms with E-state index in [1.807, 2.05) is 0 Å². The molecule has 12 nitrogen and oxygen atoms in total. The molecule has 8 bridgehead atoms. The van der Waals surface area contributed by atoms with E-state index in [1.54, 1.807) is 0 Å². The van der Waals surface area contributed by atoms with E-state index in [4.69, 9.17) is 69.6 Å². The van der Waals surface area contributed by atoms with Crippen LogP contribution in [0.2, 0.25) is 0 Å². The smallest absolute Gasteiger partial charge is 0.545 e. The van der Waals surface area contributed by atoms with Crippen LogP contribution in [0.25, 0.3) is 0 Å². The normalized spacial score (nSPS) is 37.4. The van der Waals surface area contributed by atoms with Crippen molar-refractivity contribution >= 4 is 81.5 Å². The molecule has 0 unspecified atom stereocenters. The molecule has 8 fully saturated rings. The molecule has 0 aromatic carbocycles. The third-order valence-electron chi connectivity index (χ3n) is 5.26. The largest absolute Gasteiger partial charge is 2.00 e. The van der Waals surface area contributed by atoms with Gasteiger partial charge in [-0.3, -0.25) is 39.2 Å². The van der Waals surface area contributed by atoms with E-state index >= 15 is 0 Å². The molecule has 8 heterocycles. The molecular weight excluding hydrogens is 644 g/mol. The minimum absolute atomic E-state index is 0. The summed E-state index contributed by atoms with van der Waals surface area (Å²) in [5.41, 5.74) is 0. The van der Waals surface area contributed by atoms with Crippen molar-refractivity contribution in [2.24, 2.45) is 0 Å². The molecular formula is C16H24Cl6CuN8O4. The fourth-order valence-electron chi connectivity index (χ4n) is 4.47. The second-order valence-electron chi connectivity index (χ2n) is 8.63. The van der Waals surface area contributed by atoms with E-state index in [0.29, 0.717) is 0 Å². The third kappa shape index (κ3) is 10.2. The van der Waals surface area contributed by atoms with Crippen LogP contribution in [0.5, 0.6) is 0 Å². The molecule has 205 valence electrons. The fourth-order valence-corrected chi connectivity index (χ4v) is 4.47. The quantitative estimate of drug-likeness (QED) is 0.214. The maximum Gasteiger partial charge on any atom is 2.00 e. The number of hydrogen-bond donors (Lipinski definition) is 0. The van der Waals surface area contributed by atoms with Gasteiger partial charge in [-0.25, -0.2) is 0 Å². The number of halogens is 6. The molecule has 0 aromatic rings. The zero-order valence-electron chi connectivity index (χ0n) is 18.3. The molecule has 0 N–H and O–H groups in total. The Bertz CT molecular complexity index is 573. The van der Waals surface area contributed by atoms with Crippen molar-refractivity contribution in [3.63, 3.8) is 0 Å².